The molecule has 0 bridgehead atoms. The SMILES string of the molecule is CCCOc1ccc(CCC(=O)NC[C@@H](C)NCC)cc1.Cl. The molecule has 126 valence electrons. The molecule has 0 saturated heterocycles. The molecule has 0 fully saturated rings. The zero-order valence-electron chi connectivity index (χ0n) is 13.9. The first-order chi connectivity index (χ1) is 10.2. The zero-order chi connectivity index (χ0) is 15.5. The zero-order valence-corrected chi connectivity index (χ0v) is 14.7. The van der Waals surface area contributed by atoms with Gasteiger partial charge in [0, 0.05) is 19.0 Å². The summed E-state index contributed by atoms with van der Waals surface area (Å²) >= 11 is 0. The number of hydrogen-bond acceptors (Lipinski definition) is 3. The number of halogens is 1. The van der Waals surface area contributed by atoms with Crippen molar-refractivity contribution in [1.82, 2.24) is 10.6 Å². The smallest absolute Gasteiger partial charge is 0.220 e. The normalized spacial score (nSPS) is 11.4. The lowest BCUT2D eigenvalue weighted by Gasteiger charge is -2.13. The predicted molar refractivity (Wildman–Crippen MR) is 93.9 cm³/mol. The Labute approximate surface area is 140 Å². The van der Waals surface area contributed by atoms with E-state index < -0.39 is 0 Å². The highest BCUT2D eigenvalue weighted by atomic mass is 35.5. The highest BCUT2D eigenvalue weighted by Gasteiger charge is 2.05. The number of hydrogen-bond donors (Lipinski definition) is 2. The molecular formula is C17H29ClN2O2. The summed E-state index contributed by atoms with van der Waals surface area (Å²) in [6.45, 7) is 8.56. The Kier molecular flexibility index (Phi) is 11.6. The first-order valence-corrected chi connectivity index (χ1v) is 7.87. The van der Waals surface area contributed by atoms with Gasteiger partial charge in [-0.2, -0.15) is 0 Å². The van der Waals surface area contributed by atoms with Gasteiger partial charge < -0.3 is 15.4 Å². The number of rotatable bonds is 10. The second kappa shape index (κ2) is 12.3. The number of aryl methyl sites for hydroxylation is 1. The van der Waals surface area contributed by atoms with Crippen LogP contribution in [0.15, 0.2) is 24.3 Å². The summed E-state index contributed by atoms with van der Waals surface area (Å²) in [7, 11) is 0. The predicted octanol–water partition coefficient (Wildman–Crippen LogP) is 2.94. The third-order valence-electron chi connectivity index (χ3n) is 3.19. The van der Waals surface area contributed by atoms with Gasteiger partial charge in [0.05, 0.1) is 6.61 Å². The van der Waals surface area contributed by atoms with E-state index in [1.54, 1.807) is 0 Å². The Morgan fingerprint density at radius 1 is 1.23 bits per heavy atom. The number of carbonyl (C=O) groups is 1. The Morgan fingerprint density at radius 2 is 1.91 bits per heavy atom. The van der Waals surface area contributed by atoms with E-state index in [0.717, 1.165) is 37.3 Å². The molecule has 0 heterocycles. The van der Waals surface area contributed by atoms with Crippen molar-refractivity contribution in [3.63, 3.8) is 0 Å². The third-order valence-corrected chi connectivity index (χ3v) is 3.19. The molecular weight excluding hydrogens is 300 g/mol. The number of likely N-dealkylation sites (N-methyl/N-ethyl adjacent to an activating group) is 1. The van der Waals surface area contributed by atoms with Crippen molar-refractivity contribution >= 4 is 18.3 Å². The van der Waals surface area contributed by atoms with Crippen molar-refractivity contribution in [3.05, 3.63) is 29.8 Å². The summed E-state index contributed by atoms with van der Waals surface area (Å²) in [6, 6.07) is 8.31. The molecule has 0 radical (unpaired) electrons. The minimum absolute atomic E-state index is 0. The molecule has 1 atom stereocenters. The number of nitrogens with one attached hydrogen (secondary N) is 2. The Bertz CT molecular complexity index is 410. The van der Waals surface area contributed by atoms with Crippen molar-refractivity contribution in [2.24, 2.45) is 0 Å². The van der Waals surface area contributed by atoms with Crippen LogP contribution >= 0.6 is 12.4 Å². The van der Waals surface area contributed by atoms with E-state index in [-0.39, 0.29) is 18.3 Å². The van der Waals surface area contributed by atoms with Crippen molar-refractivity contribution in [2.75, 3.05) is 19.7 Å². The van der Waals surface area contributed by atoms with E-state index >= 15 is 0 Å². The van der Waals surface area contributed by atoms with E-state index in [9.17, 15) is 4.79 Å². The van der Waals surface area contributed by atoms with Gasteiger partial charge in [0.25, 0.3) is 0 Å². The van der Waals surface area contributed by atoms with E-state index in [2.05, 4.69) is 31.4 Å². The van der Waals surface area contributed by atoms with Crippen LogP contribution in [0.5, 0.6) is 5.75 Å². The van der Waals surface area contributed by atoms with Gasteiger partial charge in [0.2, 0.25) is 5.91 Å². The van der Waals surface area contributed by atoms with Crippen LogP contribution in [0.25, 0.3) is 0 Å². The van der Waals surface area contributed by atoms with Crippen molar-refractivity contribution in [2.45, 2.75) is 46.1 Å². The molecule has 1 amide bonds. The summed E-state index contributed by atoms with van der Waals surface area (Å²) in [5, 5.41) is 6.22. The molecule has 0 aliphatic carbocycles. The lowest BCUT2D eigenvalue weighted by Crippen LogP contribution is -2.38. The molecule has 0 spiro atoms. The highest BCUT2D eigenvalue weighted by Crippen LogP contribution is 2.13. The first kappa shape index (κ1) is 20.7. The summed E-state index contributed by atoms with van der Waals surface area (Å²) in [4.78, 5) is 11.8. The van der Waals surface area contributed by atoms with E-state index in [4.69, 9.17) is 4.74 Å². The summed E-state index contributed by atoms with van der Waals surface area (Å²) in [5.41, 5.74) is 1.16. The largest absolute Gasteiger partial charge is 0.494 e. The second-order valence-electron chi connectivity index (χ2n) is 5.26. The molecule has 0 aliphatic heterocycles. The maximum absolute atomic E-state index is 11.8. The lowest BCUT2D eigenvalue weighted by molar-refractivity contribution is -0.121. The number of amides is 1. The summed E-state index contributed by atoms with van der Waals surface area (Å²) < 4.78 is 5.54. The monoisotopic (exact) mass is 328 g/mol. The number of benzene rings is 1. The van der Waals surface area contributed by atoms with Crippen molar-refractivity contribution in [3.8, 4) is 5.75 Å². The van der Waals surface area contributed by atoms with Gasteiger partial charge in [-0.05, 0) is 44.0 Å². The van der Waals surface area contributed by atoms with Gasteiger partial charge in [0.15, 0.2) is 0 Å². The van der Waals surface area contributed by atoms with Crippen LogP contribution < -0.4 is 15.4 Å². The van der Waals surface area contributed by atoms with Crippen LogP contribution in [0.4, 0.5) is 0 Å². The molecule has 0 aliphatic rings. The van der Waals surface area contributed by atoms with Crippen LogP contribution in [-0.2, 0) is 11.2 Å². The number of carbonyl (C=O) groups excluding carboxylic acids is 1. The average Bonchev–Trinajstić information content (AvgIpc) is 2.50. The number of ether oxygens (including phenoxy) is 1. The Morgan fingerprint density at radius 3 is 2.50 bits per heavy atom. The molecule has 2 N–H and O–H groups in total. The molecule has 0 saturated carbocycles. The molecule has 1 aromatic rings. The molecule has 1 aromatic carbocycles. The maximum atomic E-state index is 11.8. The minimum atomic E-state index is 0. The van der Waals surface area contributed by atoms with Crippen LogP contribution in [0.2, 0.25) is 0 Å². The third kappa shape index (κ3) is 8.90. The van der Waals surface area contributed by atoms with E-state index in [1.807, 2.05) is 24.3 Å². The van der Waals surface area contributed by atoms with Crippen molar-refractivity contribution < 1.29 is 9.53 Å². The molecule has 22 heavy (non-hydrogen) atoms. The van der Waals surface area contributed by atoms with Gasteiger partial charge in [-0.1, -0.05) is 26.0 Å². The van der Waals surface area contributed by atoms with E-state index in [1.165, 1.54) is 0 Å². The van der Waals surface area contributed by atoms with Gasteiger partial charge in [-0.3, -0.25) is 4.79 Å². The Hall–Kier alpha value is -1.26. The molecule has 0 aromatic heterocycles. The highest BCUT2D eigenvalue weighted by molar-refractivity contribution is 5.85. The average molecular weight is 329 g/mol. The van der Waals surface area contributed by atoms with Gasteiger partial charge in [-0.25, -0.2) is 0 Å². The summed E-state index contributed by atoms with van der Waals surface area (Å²) in [5.74, 6) is 0.996. The van der Waals surface area contributed by atoms with Crippen LogP contribution in [0.3, 0.4) is 0 Å². The van der Waals surface area contributed by atoms with Gasteiger partial charge >= 0.3 is 0 Å². The molecule has 1 rings (SSSR count). The molecule has 0 unspecified atom stereocenters. The maximum Gasteiger partial charge on any atom is 0.220 e. The van der Waals surface area contributed by atoms with Crippen LogP contribution in [0, 0.1) is 0 Å². The second-order valence-corrected chi connectivity index (χ2v) is 5.26. The van der Waals surface area contributed by atoms with Gasteiger partial charge in [-0.15, -0.1) is 12.4 Å². The Balaban J connectivity index is 0.00000441. The fourth-order valence-electron chi connectivity index (χ4n) is 2.01. The summed E-state index contributed by atoms with van der Waals surface area (Å²) in [6.07, 6.45) is 2.29. The lowest BCUT2D eigenvalue weighted by atomic mass is 10.1. The fourth-order valence-corrected chi connectivity index (χ4v) is 2.01. The topological polar surface area (TPSA) is 50.4 Å². The minimum Gasteiger partial charge on any atom is -0.494 e. The molecule has 4 nitrogen and oxygen atoms in total. The van der Waals surface area contributed by atoms with Crippen molar-refractivity contribution in [1.29, 1.82) is 0 Å². The van der Waals surface area contributed by atoms with Crippen LogP contribution in [0.1, 0.15) is 39.2 Å². The standard InChI is InChI=1S/C17H28N2O2.ClH/c1-4-12-21-16-9-6-15(7-10-16)8-11-17(20)19-13-14(3)18-5-2;/h6-7,9-10,14,18H,4-5,8,11-13H2,1-3H3,(H,19,20);1H/t14-;/m1./s1. The first-order valence-electron chi connectivity index (χ1n) is 7.87. The van der Waals surface area contributed by atoms with E-state index in [0.29, 0.717) is 19.0 Å². The van der Waals surface area contributed by atoms with Crippen LogP contribution in [-0.4, -0.2) is 31.6 Å². The fraction of sp³-hybridized carbons (Fsp3) is 0.588. The molecule has 5 heteroatoms. The quantitative estimate of drug-likeness (QED) is 0.694. The van der Waals surface area contributed by atoms with Gasteiger partial charge in [0.1, 0.15) is 5.75 Å².